The summed E-state index contributed by atoms with van der Waals surface area (Å²) in [7, 11) is -3.74. The molecule has 1 amide bonds. The molecule has 9 heteroatoms. The van der Waals surface area contributed by atoms with E-state index in [0.29, 0.717) is 5.69 Å². The summed E-state index contributed by atoms with van der Waals surface area (Å²) in [5, 5.41) is 7.49. The maximum absolute atomic E-state index is 12.4. The van der Waals surface area contributed by atoms with Gasteiger partial charge in [0.15, 0.2) is 0 Å². The van der Waals surface area contributed by atoms with Crippen molar-refractivity contribution in [1.82, 2.24) is 0 Å². The first-order chi connectivity index (χ1) is 12.3. The number of benzene rings is 2. The van der Waals surface area contributed by atoms with Gasteiger partial charge in [0.2, 0.25) is 15.9 Å². The molecule has 1 heterocycles. The van der Waals surface area contributed by atoms with Crippen LogP contribution >= 0.6 is 23.5 Å². The van der Waals surface area contributed by atoms with E-state index in [1.54, 1.807) is 11.8 Å². The zero-order valence-electron chi connectivity index (χ0n) is 13.9. The molecule has 0 aromatic heterocycles. The monoisotopic (exact) mass is 407 g/mol. The number of primary sulfonamides is 1. The molecule has 0 radical (unpaired) electrons. The summed E-state index contributed by atoms with van der Waals surface area (Å²) in [6.07, 6.45) is 0. The Morgan fingerprint density at radius 1 is 1.23 bits per heavy atom. The number of aliphatic imine (C=N–C) groups is 1. The van der Waals surface area contributed by atoms with Crippen molar-refractivity contribution in [3.8, 4) is 0 Å². The van der Waals surface area contributed by atoms with Crippen LogP contribution in [0.3, 0.4) is 0 Å². The number of nitrogens with zero attached hydrogens (tertiary/aromatic N) is 1. The molecule has 3 rings (SSSR count). The first-order valence-corrected chi connectivity index (χ1v) is 11.1. The SMILES string of the molecule is CC(SC1=Nc2ccccc2CS1)C(=O)Nc1ccc(S(N)(=O)=O)cc1. The number of amides is 1. The van der Waals surface area contributed by atoms with Gasteiger partial charge in [0, 0.05) is 11.4 Å². The number of para-hydroxylation sites is 1. The number of rotatable bonds is 4. The number of carbonyl (C=O) groups excluding carboxylic acids is 1. The lowest BCUT2D eigenvalue weighted by Gasteiger charge is -2.17. The predicted molar refractivity (Wildman–Crippen MR) is 108 cm³/mol. The smallest absolute Gasteiger partial charge is 0.238 e. The Kier molecular flexibility index (Phi) is 5.71. The number of nitrogens with one attached hydrogen (secondary N) is 1. The van der Waals surface area contributed by atoms with E-state index in [4.69, 9.17) is 5.14 Å². The molecule has 136 valence electrons. The van der Waals surface area contributed by atoms with Gasteiger partial charge in [-0.1, -0.05) is 41.7 Å². The number of sulfonamides is 1. The second-order valence-corrected chi connectivity index (χ2v) is 9.73. The molecule has 0 bridgehead atoms. The van der Waals surface area contributed by atoms with Gasteiger partial charge in [-0.3, -0.25) is 4.79 Å². The largest absolute Gasteiger partial charge is 0.325 e. The van der Waals surface area contributed by atoms with E-state index >= 15 is 0 Å². The third-order valence-corrected chi connectivity index (χ3v) is 6.88. The predicted octanol–water partition coefficient (Wildman–Crippen LogP) is 3.33. The van der Waals surface area contributed by atoms with E-state index in [-0.39, 0.29) is 16.1 Å². The third kappa shape index (κ3) is 4.67. The molecule has 0 fully saturated rings. The highest BCUT2D eigenvalue weighted by atomic mass is 32.2. The Morgan fingerprint density at radius 3 is 2.62 bits per heavy atom. The minimum absolute atomic E-state index is 0.00421. The molecular formula is C17H17N3O3S3. The molecule has 2 aromatic carbocycles. The molecule has 3 N–H and O–H groups in total. The van der Waals surface area contributed by atoms with Crippen LogP contribution in [0.25, 0.3) is 0 Å². The molecule has 0 saturated carbocycles. The van der Waals surface area contributed by atoms with Gasteiger partial charge in [0.05, 0.1) is 15.8 Å². The van der Waals surface area contributed by atoms with Crippen LogP contribution in [0.15, 0.2) is 58.4 Å². The number of hydrogen-bond donors (Lipinski definition) is 2. The first kappa shape index (κ1) is 19.0. The molecule has 6 nitrogen and oxygen atoms in total. The number of thioether (sulfide) groups is 2. The topological polar surface area (TPSA) is 102 Å². The average molecular weight is 408 g/mol. The van der Waals surface area contributed by atoms with Crippen LogP contribution in [0.5, 0.6) is 0 Å². The zero-order chi connectivity index (χ0) is 18.7. The van der Waals surface area contributed by atoms with Crippen molar-refractivity contribution in [1.29, 1.82) is 0 Å². The minimum Gasteiger partial charge on any atom is -0.325 e. The Hall–Kier alpha value is -1.81. The number of carbonyl (C=O) groups is 1. The fourth-order valence-corrected chi connectivity index (χ4v) is 4.95. The molecule has 1 atom stereocenters. The lowest BCUT2D eigenvalue weighted by atomic mass is 10.2. The van der Waals surface area contributed by atoms with Gasteiger partial charge >= 0.3 is 0 Å². The van der Waals surface area contributed by atoms with Crippen LogP contribution in [0.2, 0.25) is 0 Å². The van der Waals surface area contributed by atoms with Crippen LogP contribution in [0.1, 0.15) is 12.5 Å². The van der Waals surface area contributed by atoms with Crippen molar-refractivity contribution in [2.45, 2.75) is 22.8 Å². The molecule has 1 aliphatic rings. The highest BCUT2D eigenvalue weighted by Gasteiger charge is 2.20. The molecule has 2 aromatic rings. The molecule has 0 aliphatic carbocycles. The highest BCUT2D eigenvalue weighted by molar-refractivity contribution is 8.39. The maximum atomic E-state index is 12.4. The zero-order valence-corrected chi connectivity index (χ0v) is 16.3. The van der Waals surface area contributed by atoms with E-state index in [1.165, 1.54) is 41.6 Å². The van der Waals surface area contributed by atoms with Crippen LogP contribution < -0.4 is 10.5 Å². The van der Waals surface area contributed by atoms with E-state index in [2.05, 4.69) is 16.4 Å². The van der Waals surface area contributed by atoms with Crippen LogP contribution in [0, 0.1) is 0 Å². The number of hydrogen-bond acceptors (Lipinski definition) is 6. The van der Waals surface area contributed by atoms with Gasteiger partial charge < -0.3 is 5.32 Å². The molecular weight excluding hydrogens is 390 g/mol. The Bertz CT molecular complexity index is 957. The Morgan fingerprint density at radius 2 is 1.92 bits per heavy atom. The van der Waals surface area contributed by atoms with Crippen molar-refractivity contribution in [2.75, 3.05) is 5.32 Å². The summed E-state index contributed by atoms with van der Waals surface area (Å²) < 4.78 is 23.4. The molecule has 1 aliphatic heterocycles. The number of anilines is 1. The fourth-order valence-electron chi connectivity index (χ4n) is 2.25. The number of nitrogens with two attached hydrogens (primary N) is 1. The summed E-state index contributed by atoms with van der Waals surface area (Å²) in [5.74, 6) is 0.659. The minimum atomic E-state index is -3.74. The Balaban J connectivity index is 1.63. The summed E-state index contributed by atoms with van der Waals surface area (Å²) in [4.78, 5) is 17.0. The third-order valence-electron chi connectivity index (χ3n) is 3.65. The number of fused-ring (bicyclic) bond motifs is 1. The summed E-state index contributed by atoms with van der Waals surface area (Å²) in [6, 6.07) is 13.7. The normalized spacial score (nSPS) is 14.9. The van der Waals surface area contributed by atoms with Crippen molar-refractivity contribution >= 4 is 55.2 Å². The standard InChI is InChI=1S/C17H17N3O3S3/c1-11(25-17-20-15-5-3-2-4-12(15)10-24-17)16(21)19-13-6-8-14(9-7-13)26(18,22)23/h2-9,11H,10H2,1H3,(H,19,21)(H2,18,22,23). The quantitative estimate of drug-likeness (QED) is 0.809. The fraction of sp³-hybridized carbons (Fsp3) is 0.176. The van der Waals surface area contributed by atoms with E-state index < -0.39 is 10.0 Å². The van der Waals surface area contributed by atoms with E-state index in [9.17, 15) is 13.2 Å². The van der Waals surface area contributed by atoms with Gasteiger partial charge in [-0.15, -0.1) is 0 Å². The van der Waals surface area contributed by atoms with Gasteiger partial charge in [0.1, 0.15) is 4.38 Å². The Labute approximate surface area is 160 Å². The average Bonchev–Trinajstić information content (AvgIpc) is 2.61. The first-order valence-electron chi connectivity index (χ1n) is 7.73. The van der Waals surface area contributed by atoms with Gasteiger partial charge in [-0.2, -0.15) is 0 Å². The second kappa shape index (κ2) is 7.83. The summed E-state index contributed by atoms with van der Waals surface area (Å²) in [5.41, 5.74) is 2.65. The van der Waals surface area contributed by atoms with Gasteiger partial charge in [0.25, 0.3) is 0 Å². The van der Waals surface area contributed by atoms with Crippen molar-refractivity contribution < 1.29 is 13.2 Å². The van der Waals surface area contributed by atoms with E-state index in [0.717, 1.165) is 15.8 Å². The summed E-state index contributed by atoms with van der Waals surface area (Å²) >= 11 is 3.02. The lowest BCUT2D eigenvalue weighted by molar-refractivity contribution is -0.115. The van der Waals surface area contributed by atoms with Gasteiger partial charge in [-0.05, 0) is 42.8 Å². The molecule has 26 heavy (non-hydrogen) atoms. The van der Waals surface area contributed by atoms with Gasteiger partial charge in [-0.25, -0.2) is 18.5 Å². The van der Waals surface area contributed by atoms with Crippen molar-refractivity contribution in [3.63, 3.8) is 0 Å². The van der Waals surface area contributed by atoms with Crippen LogP contribution in [-0.4, -0.2) is 24.0 Å². The summed E-state index contributed by atoms with van der Waals surface area (Å²) in [6.45, 7) is 1.81. The second-order valence-electron chi connectivity index (χ2n) is 5.61. The van der Waals surface area contributed by atoms with Crippen LogP contribution in [0.4, 0.5) is 11.4 Å². The van der Waals surface area contributed by atoms with Crippen LogP contribution in [-0.2, 0) is 20.6 Å². The van der Waals surface area contributed by atoms with Crippen molar-refractivity contribution in [2.24, 2.45) is 10.1 Å². The maximum Gasteiger partial charge on any atom is 0.238 e. The molecule has 0 saturated heterocycles. The van der Waals surface area contributed by atoms with E-state index in [1.807, 2.05) is 25.1 Å². The highest BCUT2D eigenvalue weighted by Crippen LogP contribution is 2.35. The van der Waals surface area contributed by atoms with Crippen molar-refractivity contribution in [3.05, 3.63) is 54.1 Å². The molecule has 1 unspecified atom stereocenters. The lowest BCUT2D eigenvalue weighted by Crippen LogP contribution is -2.23. The molecule has 0 spiro atoms.